The first-order valence-corrected chi connectivity index (χ1v) is 6.69. The molecule has 1 heterocycles. The van der Waals surface area contributed by atoms with E-state index in [1.54, 1.807) is 13.8 Å². The average Bonchev–Trinajstić information content (AvgIpc) is 2.75. The second-order valence-corrected chi connectivity index (χ2v) is 3.92. The lowest BCUT2D eigenvalue weighted by atomic mass is 10.3. The molecule has 0 aliphatic carbocycles. The minimum absolute atomic E-state index is 0. The molecule has 1 rings (SSSR count). The van der Waals surface area contributed by atoms with Crippen LogP contribution in [0.5, 0.6) is 0 Å². The SMILES string of the molecule is CC.CCC(=O)N/N=C(\C)CCN1C(=O)CCC1=O.[HH]. The third kappa shape index (κ3) is 6.13. The summed E-state index contributed by atoms with van der Waals surface area (Å²) < 4.78 is 0. The zero-order valence-electron chi connectivity index (χ0n) is 12.2. The van der Waals surface area contributed by atoms with Crippen molar-refractivity contribution >= 4 is 23.4 Å². The molecule has 0 unspecified atom stereocenters. The Morgan fingerprint density at radius 2 is 1.84 bits per heavy atom. The number of hydrogen-bond acceptors (Lipinski definition) is 4. The molecule has 1 fully saturated rings. The van der Waals surface area contributed by atoms with Crippen LogP contribution >= 0.6 is 0 Å². The van der Waals surface area contributed by atoms with Gasteiger partial charge in [0, 0.05) is 39.4 Å². The van der Waals surface area contributed by atoms with E-state index in [0.717, 1.165) is 0 Å². The number of carbonyl (C=O) groups is 3. The van der Waals surface area contributed by atoms with Gasteiger partial charge >= 0.3 is 0 Å². The second kappa shape index (κ2) is 9.24. The van der Waals surface area contributed by atoms with Crippen molar-refractivity contribution in [3.8, 4) is 0 Å². The molecule has 0 spiro atoms. The summed E-state index contributed by atoms with van der Waals surface area (Å²) in [4.78, 5) is 34.8. The fourth-order valence-electron chi connectivity index (χ4n) is 1.44. The number of rotatable bonds is 5. The van der Waals surface area contributed by atoms with Crippen molar-refractivity contribution in [1.29, 1.82) is 0 Å². The number of amides is 3. The molecule has 0 atom stereocenters. The molecule has 0 bridgehead atoms. The first kappa shape index (κ1) is 17.3. The van der Waals surface area contributed by atoms with Gasteiger partial charge in [-0.25, -0.2) is 5.43 Å². The summed E-state index contributed by atoms with van der Waals surface area (Å²) in [6.07, 6.45) is 1.48. The van der Waals surface area contributed by atoms with Crippen molar-refractivity contribution in [3.63, 3.8) is 0 Å². The second-order valence-electron chi connectivity index (χ2n) is 3.92. The van der Waals surface area contributed by atoms with E-state index in [9.17, 15) is 14.4 Å². The number of imide groups is 1. The first-order chi connectivity index (χ1) is 9.04. The van der Waals surface area contributed by atoms with Gasteiger partial charge in [-0.2, -0.15) is 5.10 Å². The van der Waals surface area contributed by atoms with Gasteiger partial charge in [0.1, 0.15) is 0 Å². The van der Waals surface area contributed by atoms with Crippen LogP contribution in [0.4, 0.5) is 0 Å². The van der Waals surface area contributed by atoms with Gasteiger partial charge in [0.15, 0.2) is 0 Å². The Morgan fingerprint density at radius 1 is 1.32 bits per heavy atom. The van der Waals surface area contributed by atoms with Gasteiger partial charge in [-0.3, -0.25) is 19.3 Å². The highest BCUT2D eigenvalue weighted by atomic mass is 16.2. The fraction of sp³-hybridized carbons (Fsp3) is 0.692. The fourth-order valence-corrected chi connectivity index (χ4v) is 1.44. The number of likely N-dealkylation sites (tertiary alicyclic amines) is 1. The van der Waals surface area contributed by atoms with Gasteiger partial charge in [0.25, 0.3) is 0 Å². The molecule has 0 saturated carbocycles. The summed E-state index contributed by atoms with van der Waals surface area (Å²) in [5, 5.41) is 3.87. The maximum absolute atomic E-state index is 11.3. The van der Waals surface area contributed by atoms with Crippen LogP contribution in [0, 0.1) is 0 Å². The molecular weight excluding hydrogens is 246 g/mol. The van der Waals surface area contributed by atoms with Crippen molar-refractivity contribution in [2.75, 3.05) is 6.54 Å². The topological polar surface area (TPSA) is 78.8 Å². The lowest BCUT2D eigenvalue weighted by Gasteiger charge is -2.12. The lowest BCUT2D eigenvalue weighted by Crippen LogP contribution is -2.31. The number of hydrazone groups is 1. The molecule has 1 aliphatic heterocycles. The quantitative estimate of drug-likeness (QED) is 0.469. The number of hydrogen-bond donors (Lipinski definition) is 1. The van der Waals surface area contributed by atoms with Gasteiger partial charge in [-0.05, 0) is 6.92 Å². The minimum atomic E-state index is -0.155. The Labute approximate surface area is 115 Å². The van der Waals surface area contributed by atoms with Crippen LogP contribution in [0.3, 0.4) is 0 Å². The molecule has 110 valence electrons. The summed E-state index contributed by atoms with van der Waals surface area (Å²) in [5.41, 5.74) is 3.08. The first-order valence-electron chi connectivity index (χ1n) is 6.69. The van der Waals surface area contributed by atoms with Crippen LogP contribution in [0.2, 0.25) is 0 Å². The van der Waals surface area contributed by atoms with E-state index < -0.39 is 0 Å². The molecule has 3 amide bonds. The van der Waals surface area contributed by atoms with Gasteiger partial charge in [-0.15, -0.1) is 0 Å². The monoisotopic (exact) mass is 271 g/mol. The Kier molecular flexibility index (Phi) is 8.41. The highest BCUT2D eigenvalue weighted by Gasteiger charge is 2.28. The van der Waals surface area contributed by atoms with Crippen LogP contribution in [0.1, 0.15) is 54.8 Å². The molecule has 0 aromatic carbocycles. The molecule has 1 aliphatic rings. The van der Waals surface area contributed by atoms with Gasteiger partial charge in [0.2, 0.25) is 17.7 Å². The molecule has 0 radical (unpaired) electrons. The van der Waals surface area contributed by atoms with Crippen molar-refractivity contribution in [2.24, 2.45) is 5.10 Å². The highest BCUT2D eigenvalue weighted by molar-refractivity contribution is 6.02. The van der Waals surface area contributed by atoms with Gasteiger partial charge < -0.3 is 0 Å². The molecule has 19 heavy (non-hydrogen) atoms. The summed E-state index contributed by atoms with van der Waals surface area (Å²) >= 11 is 0. The zero-order chi connectivity index (χ0) is 14.8. The van der Waals surface area contributed by atoms with Gasteiger partial charge in [0.05, 0.1) is 0 Å². The van der Waals surface area contributed by atoms with Crippen LogP contribution in [0.15, 0.2) is 5.10 Å². The maximum Gasteiger partial charge on any atom is 0.239 e. The zero-order valence-corrected chi connectivity index (χ0v) is 12.2. The maximum atomic E-state index is 11.3. The third-order valence-electron chi connectivity index (χ3n) is 2.54. The average molecular weight is 271 g/mol. The normalized spacial score (nSPS) is 15.2. The smallest absolute Gasteiger partial charge is 0.239 e. The predicted molar refractivity (Wildman–Crippen MR) is 75.6 cm³/mol. The van der Waals surface area contributed by atoms with E-state index in [2.05, 4.69) is 10.5 Å². The van der Waals surface area contributed by atoms with Crippen molar-refractivity contribution in [2.45, 2.75) is 53.4 Å². The molecule has 6 nitrogen and oxygen atoms in total. The van der Waals surface area contributed by atoms with E-state index in [1.807, 2.05) is 13.8 Å². The molecule has 0 aromatic rings. The third-order valence-corrected chi connectivity index (χ3v) is 2.54. The standard InChI is InChI=1S/C11H17N3O3.C2H6.H2/c1-3-9(15)13-12-8(2)6-7-14-10(16)4-5-11(14)17;1-2;/h3-7H2,1-2H3,(H,13,15);1-2H3;1H/b12-8+;;. The summed E-state index contributed by atoms with van der Waals surface area (Å²) in [6, 6.07) is 0. The summed E-state index contributed by atoms with van der Waals surface area (Å²) in [5.74, 6) is -0.404. The Morgan fingerprint density at radius 3 is 2.32 bits per heavy atom. The molecule has 1 N–H and O–H groups in total. The Bertz CT molecular complexity index is 354. The van der Waals surface area contributed by atoms with Crippen molar-refractivity contribution < 1.29 is 15.8 Å². The van der Waals surface area contributed by atoms with Crippen LogP contribution < -0.4 is 5.43 Å². The Balaban J connectivity index is 0. The Hall–Kier alpha value is -1.72. The number of nitrogens with zero attached hydrogens (tertiary/aromatic N) is 2. The lowest BCUT2D eigenvalue weighted by molar-refractivity contribution is -0.138. The van der Waals surface area contributed by atoms with E-state index >= 15 is 0 Å². The molecular formula is C13H25N3O3. The largest absolute Gasteiger partial charge is 0.282 e. The summed E-state index contributed by atoms with van der Waals surface area (Å²) in [7, 11) is 0. The predicted octanol–water partition coefficient (Wildman–Crippen LogP) is 1.70. The van der Waals surface area contributed by atoms with Crippen molar-refractivity contribution in [3.05, 3.63) is 0 Å². The van der Waals surface area contributed by atoms with E-state index in [4.69, 9.17) is 0 Å². The molecule has 0 aromatic heterocycles. The van der Waals surface area contributed by atoms with Gasteiger partial charge in [-0.1, -0.05) is 20.8 Å². The number of nitrogens with one attached hydrogen (secondary N) is 1. The number of carbonyl (C=O) groups excluding carboxylic acids is 3. The van der Waals surface area contributed by atoms with E-state index in [1.165, 1.54) is 4.90 Å². The van der Waals surface area contributed by atoms with E-state index in [-0.39, 0.29) is 19.1 Å². The highest BCUT2D eigenvalue weighted by Crippen LogP contribution is 2.11. The van der Waals surface area contributed by atoms with Crippen molar-refractivity contribution in [1.82, 2.24) is 10.3 Å². The van der Waals surface area contributed by atoms with E-state index in [0.29, 0.717) is 37.9 Å². The van der Waals surface area contributed by atoms with Crippen LogP contribution in [-0.2, 0) is 14.4 Å². The molecule has 1 saturated heterocycles. The minimum Gasteiger partial charge on any atom is -0.282 e. The molecule has 6 heteroatoms. The van der Waals surface area contributed by atoms with Crippen LogP contribution in [0.25, 0.3) is 0 Å². The summed E-state index contributed by atoms with van der Waals surface area (Å²) in [6.45, 7) is 7.83. The van der Waals surface area contributed by atoms with Crippen LogP contribution in [-0.4, -0.2) is 34.9 Å².